The van der Waals surface area contributed by atoms with E-state index in [4.69, 9.17) is 9.15 Å². The van der Waals surface area contributed by atoms with Crippen molar-refractivity contribution in [3.8, 4) is 5.75 Å². The van der Waals surface area contributed by atoms with Crippen molar-refractivity contribution < 1.29 is 22.5 Å². The van der Waals surface area contributed by atoms with E-state index in [2.05, 4.69) is 19.7 Å². The minimum atomic E-state index is -3.88. The van der Waals surface area contributed by atoms with E-state index in [0.29, 0.717) is 11.4 Å². The van der Waals surface area contributed by atoms with E-state index in [-0.39, 0.29) is 16.6 Å². The Kier molecular flexibility index (Phi) is 5.31. The first-order valence-electron chi connectivity index (χ1n) is 7.64. The molecule has 0 amide bonds. The summed E-state index contributed by atoms with van der Waals surface area (Å²) in [6, 6.07) is 8.25. The lowest BCUT2D eigenvalue weighted by Gasteiger charge is -2.07. The first-order chi connectivity index (χ1) is 13.4. The lowest BCUT2D eigenvalue weighted by atomic mass is 10.3. The highest BCUT2D eigenvalue weighted by atomic mass is 32.2. The zero-order chi connectivity index (χ0) is 20.1. The molecule has 0 spiro atoms. The maximum Gasteiger partial charge on any atom is 0.433 e. The van der Waals surface area contributed by atoms with Crippen molar-refractivity contribution >= 4 is 33.8 Å². The highest BCUT2D eigenvalue weighted by Gasteiger charge is 2.15. The second-order valence-electron chi connectivity index (χ2n) is 5.24. The van der Waals surface area contributed by atoms with Gasteiger partial charge in [0.1, 0.15) is 4.92 Å². The van der Waals surface area contributed by atoms with Gasteiger partial charge in [-0.15, -0.1) is 0 Å². The van der Waals surface area contributed by atoms with Gasteiger partial charge in [-0.05, 0) is 30.3 Å². The summed E-state index contributed by atoms with van der Waals surface area (Å²) < 4.78 is 36.9. The molecule has 1 N–H and O–H groups in total. The van der Waals surface area contributed by atoms with Crippen molar-refractivity contribution in [2.75, 3.05) is 11.8 Å². The van der Waals surface area contributed by atoms with Crippen LogP contribution in [0.15, 0.2) is 63.1 Å². The van der Waals surface area contributed by atoms with Crippen molar-refractivity contribution in [3.63, 3.8) is 0 Å². The molecular formula is C16H13N5O6S. The number of ether oxygens (including phenoxy) is 1. The van der Waals surface area contributed by atoms with Gasteiger partial charge in [-0.2, -0.15) is 0 Å². The number of hydrogen-bond acceptors (Lipinski definition) is 9. The average molecular weight is 403 g/mol. The van der Waals surface area contributed by atoms with Gasteiger partial charge >= 0.3 is 5.88 Å². The van der Waals surface area contributed by atoms with Crippen LogP contribution in [0.5, 0.6) is 5.75 Å². The number of anilines is 1. The number of rotatable bonds is 7. The molecule has 12 heteroatoms. The molecule has 144 valence electrons. The van der Waals surface area contributed by atoms with E-state index >= 15 is 0 Å². The number of furan rings is 1. The number of nitrogens with one attached hydrogen (secondary N) is 1. The van der Waals surface area contributed by atoms with E-state index in [1.54, 1.807) is 0 Å². The summed E-state index contributed by atoms with van der Waals surface area (Å²) in [4.78, 5) is 21.7. The largest absolute Gasteiger partial charge is 0.494 e. The first kappa shape index (κ1) is 19.0. The topological polar surface area (TPSA) is 150 Å². The highest BCUT2D eigenvalue weighted by molar-refractivity contribution is 7.92. The summed E-state index contributed by atoms with van der Waals surface area (Å²) in [6.45, 7) is 0. The molecule has 0 unspecified atom stereocenters. The normalized spacial score (nSPS) is 11.5. The fraction of sp³-hybridized carbons (Fsp3) is 0.0625. The van der Waals surface area contributed by atoms with Gasteiger partial charge in [0.25, 0.3) is 10.0 Å². The van der Waals surface area contributed by atoms with Gasteiger partial charge in [-0.25, -0.2) is 23.1 Å². The molecule has 0 fully saturated rings. The minimum Gasteiger partial charge on any atom is -0.494 e. The summed E-state index contributed by atoms with van der Waals surface area (Å²) in [5.41, 5.74) is 0.429. The minimum absolute atomic E-state index is 0.0143. The molecule has 2 aromatic heterocycles. The molecule has 0 saturated heterocycles. The predicted molar refractivity (Wildman–Crippen MR) is 98.5 cm³/mol. The molecule has 0 bridgehead atoms. The third kappa shape index (κ3) is 4.48. The molecule has 0 radical (unpaired) electrons. The van der Waals surface area contributed by atoms with Gasteiger partial charge in [0.15, 0.2) is 11.5 Å². The van der Waals surface area contributed by atoms with Crippen molar-refractivity contribution in [3.05, 3.63) is 64.7 Å². The van der Waals surface area contributed by atoms with Crippen LogP contribution < -0.4 is 9.46 Å². The van der Waals surface area contributed by atoms with Crippen molar-refractivity contribution in [2.24, 2.45) is 4.99 Å². The van der Waals surface area contributed by atoms with E-state index in [9.17, 15) is 18.5 Å². The van der Waals surface area contributed by atoms with Gasteiger partial charge in [-0.1, -0.05) is 0 Å². The fourth-order valence-electron chi connectivity index (χ4n) is 2.01. The van der Waals surface area contributed by atoms with Crippen LogP contribution in [0.25, 0.3) is 0 Å². The van der Waals surface area contributed by atoms with E-state index in [1.807, 2.05) is 0 Å². The third-order valence-corrected chi connectivity index (χ3v) is 4.71. The van der Waals surface area contributed by atoms with Crippen LogP contribution >= 0.6 is 0 Å². The molecule has 1 aromatic carbocycles. The van der Waals surface area contributed by atoms with Gasteiger partial charge in [0.2, 0.25) is 5.95 Å². The third-order valence-electron chi connectivity index (χ3n) is 3.37. The Morgan fingerprint density at radius 1 is 1.18 bits per heavy atom. The molecule has 0 saturated carbocycles. The van der Waals surface area contributed by atoms with Crippen molar-refractivity contribution in [2.45, 2.75) is 4.90 Å². The summed E-state index contributed by atoms with van der Waals surface area (Å²) in [5, 5.41) is 10.6. The lowest BCUT2D eigenvalue weighted by molar-refractivity contribution is -0.402. The van der Waals surface area contributed by atoms with Crippen LogP contribution in [0.2, 0.25) is 0 Å². The van der Waals surface area contributed by atoms with Crippen LogP contribution in [0.1, 0.15) is 5.76 Å². The van der Waals surface area contributed by atoms with Gasteiger partial charge in [0, 0.05) is 0 Å². The quantitative estimate of drug-likeness (QED) is 0.359. The number of methoxy groups -OCH3 is 1. The number of nitrogens with zero attached hydrogens (tertiary/aromatic N) is 4. The van der Waals surface area contributed by atoms with Crippen molar-refractivity contribution in [1.29, 1.82) is 0 Å². The molecule has 0 aliphatic rings. The predicted octanol–water partition coefficient (Wildman–Crippen LogP) is 2.54. The average Bonchev–Trinajstić information content (AvgIpc) is 3.16. The fourth-order valence-corrected chi connectivity index (χ4v) is 2.97. The van der Waals surface area contributed by atoms with Crippen LogP contribution in [0.4, 0.5) is 17.5 Å². The van der Waals surface area contributed by atoms with Crippen LogP contribution in [0, 0.1) is 10.1 Å². The van der Waals surface area contributed by atoms with Crippen LogP contribution in [-0.2, 0) is 10.0 Å². The summed E-state index contributed by atoms with van der Waals surface area (Å²) >= 11 is 0. The zero-order valence-electron chi connectivity index (χ0n) is 14.3. The van der Waals surface area contributed by atoms with Crippen molar-refractivity contribution in [1.82, 2.24) is 9.97 Å². The molecule has 3 rings (SSSR count). The molecule has 0 aliphatic heterocycles. The summed E-state index contributed by atoms with van der Waals surface area (Å²) in [7, 11) is -2.44. The Balaban J connectivity index is 1.71. The molecule has 0 aliphatic carbocycles. The monoisotopic (exact) mass is 403 g/mol. The summed E-state index contributed by atoms with van der Waals surface area (Å²) in [5.74, 6) is 0.103. The van der Waals surface area contributed by atoms with E-state index < -0.39 is 20.8 Å². The number of hydrogen-bond donors (Lipinski definition) is 1. The molecule has 3 aromatic rings. The Labute approximate surface area is 158 Å². The Morgan fingerprint density at radius 3 is 2.43 bits per heavy atom. The number of aromatic nitrogens is 2. The Bertz CT molecular complexity index is 1110. The molecular weight excluding hydrogens is 390 g/mol. The maximum atomic E-state index is 12.4. The van der Waals surface area contributed by atoms with Crippen LogP contribution in [0.3, 0.4) is 0 Å². The standard InChI is InChI=1S/C16H13N5O6S/c1-26-13-9-18-16(19-10-13)20-28(24,25)14-5-2-11(3-6-14)17-8-12-4-7-15(27-12)21(22)23/h2-10H,1H3,(H,18,19,20). The van der Waals surface area contributed by atoms with Gasteiger partial charge in [-0.3, -0.25) is 15.1 Å². The zero-order valence-corrected chi connectivity index (χ0v) is 15.2. The van der Waals surface area contributed by atoms with E-state index in [1.165, 1.54) is 62.1 Å². The Hall–Kier alpha value is -3.80. The number of aliphatic imine (C=N–C) groups is 1. The lowest BCUT2D eigenvalue weighted by Crippen LogP contribution is -2.14. The maximum absolute atomic E-state index is 12.4. The second kappa shape index (κ2) is 7.84. The molecule has 2 heterocycles. The van der Waals surface area contributed by atoms with Crippen LogP contribution in [-0.4, -0.2) is 36.6 Å². The van der Waals surface area contributed by atoms with Gasteiger partial charge in [0.05, 0.1) is 42.4 Å². The SMILES string of the molecule is COc1cnc(NS(=O)(=O)c2ccc(N=Cc3ccc([N+](=O)[O-])o3)cc2)nc1. The first-order valence-corrected chi connectivity index (χ1v) is 9.13. The van der Waals surface area contributed by atoms with E-state index in [0.717, 1.165) is 0 Å². The highest BCUT2D eigenvalue weighted by Crippen LogP contribution is 2.20. The summed E-state index contributed by atoms with van der Waals surface area (Å²) in [6.07, 6.45) is 3.96. The second-order valence-corrected chi connectivity index (χ2v) is 6.92. The Morgan fingerprint density at radius 2 is 1.86 bits per heavy atom. The van der Waals surface area contributed by atoms with Gasteiger partial charge < -0.3 is 9.15 Å². The number of benzene rings is 1. The smallest absolute Gasteiger partial charge is 0.433 e. The molecule has 11 nitrogen and oxygen atoms in total. The number of sulfonamides is 1. The number of nitro groups is 1. The molecule has 0 atom stereocenters. The molecule has 28 heavy (non-hydrogen) atoms.